The molecule has 2 aliphatic rings. The van der Waals surface area contributed by atoms with Gasteiger partial charge in [-0.2, -0.15) is 0 Å². The topological polar surface area (TPSA) is 126 Å². The van der Waals surface area contributed by atoms with E-state index in [1.807, 2.05) is 0 Å². The molecule has 32 heavy (non-hydrogen) atoms. The molecule has 0 spiro atoms. The molecule has 2 saturated heterocycles. The third-order valence-electron chi connectivity index (χ3n) is 5.69. The van der Waals surface area contributed by atoms with Crippen LogP contribution in [-0.2, 0) is 19.1 Å². The molecule has 9 nitrogen and oxygen atoms in total. The lowest BCUT2D eigenvalue weighted by molar-refractivity contribution is -0.137. The van der Waals surface area contributed by atoms with E-state index in [9.17, 15) is 23.9 Å². The zero-order valence-electron chi connectivity index (χ0n) is 17.2. The highest BCUT2D eigenvalue weighted by atomic mass is 19.1. The van der Waals surface area contributed by atoms with Crippen LogP contribution in [0.15, 0.2) is 36.5 Å². The molecule has 1 unspecified atom stereocenters. The number of anilines is 2. The third kappa shape index (κ3) is 4.46. The minimum atomic E-state index is -0.996. The number of pyridine rings is 1. The first-order chi connectivity index (χ1) is 15.4. The van der Waals surface area contributed by atoms with E-state index in [1.54, 1.807) is 29.2 Å². The molecule has 0 saturated carbocycles. The summed E-state index contributed by atoms with van der Waals surface area (Å²) in [7, 11) is 0. The van der Waals surface area contributed by atoms with Crippen LogP contribution in [0.2, 0.25) is 0 Å². The van der Waals surface area contributed by atoms with Gasteiger partial charge in [0.25, 0.3) is 5.91 Å². The summed E-state index contributed by atoms with van der Waals surface area (Å²) in [4.78, 5) is 42.1. The van der Waals surface area contributed by atoms with E-state index in [0.29, 0.717) is 35.7 Å². The minimum absolute atomic E-state index is 0.0534. The Morgan fingerprint density at radius 2 is 2.06 bits per heavy atom. The molecule has 2 aliphatic heterocycles. The Morgan fingerprint density at radius 3 is 2.69 bits per heavy atom. The number of hydrogen-bond donors (Lipinski definition) is 2. The second kappa shape index (κ2) is 9.01. The summed E-state index contributed by atoms with van der Waals surface area (Å²) in [6.07, 6.45) is 1.21. The number of primary amides is 1. The Morgan fingerprint density at radius 1 is 1.25 bits per heavy atom. The van der Waals surface area contributed by atoms with Gasteiger partial charge >= 0.3 is 0 Å². The number of rotatable bonds is 7. The Balaban J connectivity index is 1.44. The van der Waals surface area contributed by atoms with E-state index in [-0.39, 0.29) is 38.0 Å². The monoisotopic (exact) mass is 442 g/mol. The molecule has 2 fully saturated rings. The van der Waals surface area contributed by atoms with Crippen LogP contribution < -0.4 is 15.5 Å². The number of Topliss-reactive ketones (excluding diaryl/α,β-unsaturated/α-hetero) is 1. The molecule has 1 aromatic heterocycles. The Bertz CT molecular complexity index is 1050. The molecule has 10 heteroatoms. The van der Waals surface area contributed by atoms with Crippen molar-refractivity contribution in [2.75, 3.05) is 36.2 Å². The van der Waals surface area contributed by atoms with Gasteiger partial charge in [0.05, 0.1) is 6.10 Å². The van der Waals surface area contributed by atoms with E-state index in [1.165, 1.54) is 17.2 Å². The molecule has 0 bridgehead atoms. The number of aromatic nitrogens is 1. The first-order valence-electron chi connectivity index (χ1n) is 10.2. The van der Waals surface area contributed by atoms with E-state index >= 15 is 0 Å². The van der Waals surface area contributed by atoms with Crippen LogP contribution in [0.1, 0.15) is 12.8 Å². The molecule has 2 atom stereocenters. The third-order valence-corrected chi connectivity index (χ3v) is 5.69. The number of carbonyl (C=O) groups excluding carboxylic acids is 3. The van der Waals surface area contributed by atoms with Crippen LogP contribution in [0.4, 0.5) is 15.9 Å². The minimum Gasteiger partial charge on any atom is -0.396 e. The average molecular weight is 442 g/mol. The normalized spacial score (nSPS) is 20.8. The number of aliphatic hydroxyl groups excluding tert-OH is 1. The number of aliphatic hydroxyl groups is 1. The van der Waals surface area contributed by atoms with Crippen molar-refractivity contribution in [3.63, 3.8) is 0 Å². The SMILES string of the molecule is NC(=O)C(=O)C[C@H]1CN(c2ccc(-c3ccc(N4CC(CO)CC4=O)nc3)c(F)c2)CO1. The summed E-state index contributed by atoms with van der Waals surface area (Å²) in [6, 6.07) is 8.11. The van der Waals surface area contributed by atoms with Gasteiger partial charge in [-0.3, -0.25) is 19.3 Å². The number of nitrogens with zero attached hydrogens (tertiary/aromatic N) is 3. The van der Waals surface area contributed by atoms with Gasteiger partial charge in [0.15, 0.2) is 0 Å². The van der Waals surface area contributed by atoms with Gasteiger partial charge in [0, 0.05) is 61.5 Å². The number of benzene rings is 1. The summed E-state index contributed by atoms with van der Waals surface area (Å²) in [6.45, 7) is 0.869. The van der Waals surface area contributed by atoms with Gasteiger partial charge in [0.1, 0.15) is 18.4 Å². The zero-order valence-corrected chi connectivity index (χ0v) is 17.2. The van der Waals surface area contributed by atoms with Gasteiger partial charge in [-0.15, -0.1) is 0 Å². The highest BCUT2D eigenvalue weighted by molar-refractivity contribution is 6.35. The van der Waals surface area contributed by atoms with Crippen molar-refractivity contribution in [2.45, 2.75) is 18.9 Å². The molecule has 2 amide bonds. The summed E-state index contributed by atoms with van der Waals surface area (Å²) in [5.74, 6) is -1.87. The van der Waals surface area contributed by atoms with Crippen LogP contribution in [0.25, 0.3) is 11.1 Å². The van der Waals surface area contributed by atoms with Gasteiger partial charge in [-0.1, -0.05) is 0 Å². The lowest BCUT2D eigenvalue weighted by Crippen LogP contribution is -2.29. The van der Waals surface area contributed by atoms with Gasteiger partial charge in [0.2, 0.25) is 11.7 Å². The van der Waals surface area contributed by atoms with Crippen LogP contribution in [0, 0.1) is 11.7 Å². The zero-order chi connectivity index (χ0) is 22.8. The number of amides is 2. The molecule has 1 aromatic carbocycles. The molecule has 3 heterocycles. The predicted molar refractivity (Wildman–Crippen MR) is 113 cm³/mol. The fraction of sp³-hybridized carbons (Fsp3) is 0.364. The van der Waals surface area contributed by atoms with E-state index in [4.69, 9.17) is 10.5 Å². The van der Waals surface area contributed by atoms with E-state index in [0.717, 1.165) is 0 Å². The van der Waals surface area contributed by atoms with Crippen LogP contribution in [-0.4, -0.2) is 60.2 Å². The molecule has 0 aliphatic carbocycles. The van der Waals surface area contributed by atoms with Crippen molar-refractivity contribution in [1.82, 2.24) is 4.98 Å². The predicted octanol–water partition coefficient (Wildman–Crippen LogP) is 0.840. The number of ether oxygens (including phenoxy) is 1. The largest absolute Gasteiger partial charge is 0.396 e. The van der Waals surface area contributed by atoms with E-state index < -0.39 is 23.6 Å². The van der Waals surface area contributed by atoms with Crippen molar-refractivity contribution in [1.29, 1.82) is 0 Å². The molecule has 2 aromatic rings. The van der Waals surface area contributed by atoms with Crippen molar-refractivity contribution >= 4 is 29.1 Å². The fourth-order valence-electron chi connectivity index (χ4n) is 3.92. The van der Waals surface area contributed by atoms with Gasteiger partial charge in [-0.05, 0) is 30.3 Å². The van der Waals surface area contributed by atoms with Crippen molar-refractivity contribution < 1.29 is 28.6 Å². The number of hydrogen-bond acceptors (Lipinski definition) is 7. The molecule has 0 radical (unpaired) electrons. The number of nitrogens with two attached hydrogens (primary N) is 1. The second-order valence-corrected chi connectivity index (χ2v) is 7.96. The molecule has 3 N–H and O–H groups in total. The van der Waals surface area contributed by atoms with E-state index in [2.05, 4.69) is 4.98 Å². The van der Waals surface area contributed by atoms with Crippen molar-refractivity contribution in [3.8, 4) is 11.1 Å². The Labute approximate surface area is 183 Å². The summed E-state index contributed by atoms with van der Waals surface area (Å²) in [5, 5.41) is 9.26. The van der Waals surface area contributed by atoms with Gasteiger partial charge in [-0.25, -0.2) is 9.37 Å². The number of carbonyl (C=O) groups is 3. The summed E-state index contributed by atoms with van der Waals surface area (Å²) < 4.78 is 20.4. The highest BCUT2D eigenvalue weighted by Gasteiger charge is 2.31. The Kier molecular flexibility index (Phi) is 6.15. The van der Waals surface area contributed by atoms with Crippen molar-refractivity contribution in [3.05, 3.63) is 42.3 Å². The van der Waals surface area contributed by atoms with Crippen LogP contribution in [0.5, 0.6) is 0 Å². The molecule has 4 rings (SSSR count). The summed E-state index contributed by atoms with van der Waals surface area (Å²) >= 11 is 0. The number of halogens is 1. The van der Waals surface area contributed by atoms with Gasteiger partial charge < -0.3 is 20.5 Å². The standard InChI is InChI=1S/C22H23FN4O5/c23-18-6-15(26-10-16(32-12-26)7-19(29)22(24)31)2-3-17(18)14-1-4-20(25-8-14)27-9-13(11-28)5-21(27)30/h1-4,6,8,13,16,28H,5,7,9-12H2,(H2,24,31)/t13?,16-/m0/s1. The summed E-state index contributed by atoms with van der Waals surface area (Å²) in [5.41, 5.74) is 6.48. The maximum absolute atomic E-state index is 14.9. The maximum Gasteiger partial charge on any atom is 0.284 e. The quantitative estimate of drug-likeness (QED) is 0.609. The van der Waals surface area contributed by atoms with Crippen LogP contribution in [0.3, 0.4) is 0 Å². The van der Waals surface area contributed by atoms with Crippen molar-refractivity contribution in [2.24, 2.45) is 11.7 Å². The van der Waals surface area contributed by atoms with Crippen LogP contribution >= 0.6 is 0 Å². The average Bonchev–Trinajstić information content (AvgIpc) is 3.40. The number of ketones is 1. The smallest absolute Gasteiger partial charge is 0.284 e. The molecular weight excluding hydrogens is 419 g/mol. The second-order valence-electron chi connectivity index (χ2n) is 7.96. The molecule has 168 valence electrons. The molecular formula is C22H23FN4O5. The first kappa shape index (κ1) is 21.8. The lowest BCUT2D eigenvalue weighted by Gasteiger charge is -2.18. The maximum atomic E-state index is 14.9. The first-order valence-corrected chi connectivity index (χ1v) is 10.2. The highest BCUT2D eigenvalue weighted by Crippen LogP contribution is 2.30. The lowest BCUT2D eigenvalue weighted by atomic mass is 10.1. The fourth-order valence-corrected chi connectivity index (χ4v) is 3.92. The Hall–Kier alpha value is -3.37.